The number of rotatable bonds is 5. The first-order valence-corrected chi connectivity index (χ1v) is 8.33. The van der Waals surface area contributed by atoms with Gasteiger partial charge in [-0.3, -0.25) is 9.36 Å². The molecular formula is C17H16ClFN4O4. The molecule has 1 aromatic carbocycles. The van der Waals surface area contributed by atoms with Crippen LogP contribution in [0.1, 0.15) is 35.1 Å². The Morgan fingerprint density at radius 1 is 1.30 bits per heavy atom. The largest absolute Gasteiger partial charge is 0.385 e. The van der Waals surface area contributed by atoms with Crippen molar-refractivity contribution in [3.05, 3.63) is 79.2 Å². The Bertz CT molecular complexity index is 1040. The minimum absolute atomic E-state index is 0.124. The molecule has 0 aliphatic carbocycles. The number of benzene rings is 1. The molecule has 2 atom stereocenters. The maximum absolute atomic E-state index is 14.6. The standard InChI is InChI=1S/C17H16ClFN4O4/c1-9-7-22(2)17(26)23(16(9)25)8-12-20-15(21-27-12)13(19)14(24)10-3-5-11(18)6-4-10/h3-7,13-14,24H,8H2,1-2H3. The molecule has 0 radical (unpaired) electrons. The molecule has 0 saturated carbocycles. The topological polar surface area (TPSA) is 103 Å². The van der Waals surface area contributed by atoms with Crippen LogP contribution in [-0.2, 0) is 13.6 Å². The number of alkyl halides is 1. The lowest BCUT2D eigenvalue weighted by Crippen LogP contribution is -2.40. The number of hydrogen-bond donors (Lipinski definition) is 1. The average molecular weight is 395 g/mol. The molecule has 0 bridgehead atoms. The Morgan fingerprint density at radius 2 is 1.96 bits per heavy atom. The summed E-state index contributed by atoms with van der Waals surface area (Å²) >= 11 is 5.77. The molecule has 8 nitrogen and oxygen atoms in total. The second-order valence-corrected chi connectivity index (χ2v) is 6.48. The molecule has 0 saturated heterocycles. The van der Waals surface area contributed by atoms with Crippen LogP contribution in [0.5, 0.6) is 0 Å². The van der Waals surface area contributed by atoms with E-state index in [4.69, 9.17) is 16.1 Å². The van der Waals surface area contributed by atoms with Crippen LogP contribution >= 0.6 is 11.6 Å². The van der Waals surface area contributed by atoms with Crippen molar-refractivity contribution in [3.63, 3.8) is 0 Å². The highest BCUT2D eigenvalue weighted by atomic mass is 35.5. The molecular weight excluding hydrogens is 379 g/mol. The minimum Gasteiger partial charge on any atom is -0.385 e. The molecule has 2 heterocycles. The highest BCUT2D eigenvalue weighted by Gasteiger charge is 2.27. The summed E-state index contributed by atoms with van der Waals surface area (Å²) in [7, 11) is 1.50. The molecule has 2 aromatic heterocycles. The van der Waals surface area contributed by atoms with E-state index in [1.54, 1.807) is 6.92 Å². The lowest BCUT2D eigenvalue weighted by molar-refractivity contribution is 0.0708. The van der Waals surface area contributed by atoms with Crippen molar-refractivity contribution in [2.75, 3.05) is 0 Å². The number of hydrogen-bond acceptors (Lipinski definition) is 6. The minimum atomic E-state index is -1.96. The van der Waals surface area contributed by atoms with E-state index in [1.807, 2.05) is 0 Å². The van der Waals surface area contributed by atoms with Crippen LogP contribution in [0.25, 0.3) is 0 Å². The number of aliphatic hydroxyl groups is 1. The van der Waals surface area contributed by atoms with E-state index in [-0.39, 0.29) is 18.3 Å². The zero-order valence-corrected chi connectivity index (χ0v) is 15.2. The van der Waals surface area contributed by atoms with Crippen LogP contribution in [0, 0.1) is 6.92 Å². The average Bonchev–Trinajstić information content (AvgIpc) is 3.11. The van der Waals surface area contributed by atoms with E-state index < -0.39 is 23.5 Å². The maximum Gasteiger partial charge on any atom is 0.331 e. The lowest BCUT2D eigenvalue weighted by atomic mass is 10.1. The second-order valence-electron chi connectivity index (χ2n) is 6.04. The fourth-order valence-electron chi connectivity index (χ4n) is 2.58. The van der Waals surface area contributed by atoms with Gasteiger partial charge in [0.15, 0.2) is 6.17 Å². The fourth-order valence-corrected chi connectivity index (χ4v) is 2.71. The molecule has 1 N–H and O–H groups in total. The molecule has 3 rings (SSSR count). The zero-order chi connectivity index (χ0) is 19.7. The van der Waals surface area contributed by atoms with Gasteiger partial charge in [-0.1, -0.05) is 28.9 Å². The van der Waals surface area contributed by atoms with Gasteiger partial charge < -0.3 is 14.2 Å². The van der Waals surface area contributed by atoms with Crippen LogP contribution in [0.4, 0.5) is 4.39 Å². The van der Waals surface area contributed by atoms with E-state index in [0.29, 0.717) is 16.1 Å². The number of aryl methyl sites for hydroxylation is 2. The Kier molecular flexibility index (Phi) is 5.24. The summed E-state index contributed by atoms with van der Waals surface area (Å²) in [6.07, 6.45) is -2.07. The van der Waals surface area contributed by atoms with Gasteiger partial charge in [-0.05, 0) is 24.6 Å². The fraction of sp³-hybridized carbons (Fsp3) is 0.294. The first-order valence-electron chi connectivity index (χ1n) is 7.95. The van der Waals surface area contributed by atoms with Gasteiger partial charge >= 0.3 is 5.69 Å². The smallest absolute Gasteiger partial charge is 0.331 e. The quantitative estimate of drug-likeness (QED) is 0.706. The highest BCUT2D eigenvalue weighted by Crippen LogP contribution is 2.31. The van der Waals surface area contributed by atoms with E-state index in [0.717, 1.165) is 4.57 Å². The molecule has 0 fully saturated rings. The Morgan fingerprint density at radius 3 is 2.63 bits per heavy atom. The van der Waals surface area contributed by atoms with Crippen molar-refractivity contribution < 1.29 is 14.0 Å². The summed E-state index contributed by atoms with van der Waals surface area (Å²) in [6.45, 7) is 1.27. The Balaban J connectivity index is 1.84. The van der Waals surface area contributed by atoms with E-state index in [1.165, 1.54) is 42.1 Å². The van der Waals surface area contributed by atoms with Crippen molar-refractivity contribution in [3.8, 4) is 0 Å². The SMILES string of the molecule is Cc1cn(C)c(=O)n(Cc2nc(C(F)C(O)c3ccc(Cl)cc3)no2)c1=O. The molecule has 0 aliphatic rings. The predicted molar refractivity (Wildman–Crippen MR) is 94.3 cm³/mol. The molecule has 3 aromatic rings. The van der Waals surface area contributed by atoms with Gasteiger partial charge in [0.25, 0.3) is 5.56 Å². The second kappa shape index (κ2) is 7.45. The molecule has 27 heavy (non-hydrogen) atoms. The first kappa shape index (κ1) is 19.0. The molecule has 0 amide bonds. The monoisotopic (exact) mass is 394 g/mol. The van der Waals surface area contributed by atoms with Crippen molar-refractivity contribution in [2.45, 2.75) is 25.7 Å². The molecule has 2 unspecified atom stereocenters. The van der Waals surface area contributed by atoms with Gasteiger partial charge in [-0.2, -0.15) is 4.98 Å². The third kappa shape index (κ3) is 3.83. The summed E-state index contributed by atoms with van der Waals surface area (Å²) in [4.78, 5) is 28.1. The maximum atomic E-state index is 14.6. The number of aromatic nitrogens is 4. The van der Waals surface area contributed by atoms with E-state index in [2.05, 4.69) is 10.1 Å². The molecule has 0 spiro atoms. The molecule has 142 valence electrons. The summed E-state index contributed by atoms with van der Waals surface area (Å²) in [6, 6.07) is 6.01. The van der Waals surface area contributed by atoms with Crippen molar-refractivity contribution in [1.29, 1.82) is 0 Å². The van der Waals surface area contributed by atoms with E-state index in [9.17, 15) is 19.1 Å². The van der Waals surface area contributed by atoms with Crippen LogP contribution in [0.15, 0.2) is 44.6 Å². The summed E-state index contributed by atoms with van der Waals surface area (Å²) in [5.41, 5.74) is -0.417. The van der Waals surface area contributed by atoms with Gasteiger partial charge in [-0.25, -0.2) is 9.18 Å². The highest BCUT2D eigenvalue weighted by molar-refractivity contribution is 6.30. The van der Waals surface area contributed by atoms with Gasteiger partial charge in [0.1, 0.15) is 12.6 Å². The number of halogens is 2. The third-order valence-corrected chi connectivity index (χ3v) is 4.27. The normalized spacial score (nSPS) is 13.5. The van der Waals surface area contributed by atoms with E-state index >= 15 is 0 Å². The van der Waals surface area contributed by atoms with Crippen LogP contribution in [0.2, 0.25) is 5.02 Å². The first-order chi connectivity index (χ1) is 12.8. The summed E-state index contributed by atoms with van der Waals surface area (Å²) in [5.74, 6) is -0.509. The van der Waals surface area contributed by atoms with Gasteiger partial charge in [0.05, 0.1) is 0 Å². The number of nitrogens with zero attached hydrogens (tertiary/aromatic N) is 4. The van der Waals surface area contributed by atoms with Crippen molar-refractivity contribution in [1.82, 2.24) is 19.3 Å². The summed E-state index contributed by atoms with van der Waals surface area (Å²) < 4.78 is 21.7. The molecule has 10 heteroatoms. The predicted octanol–water partition coefficient (Wildman–Crippen LogP) is 1.68. The van der Waals surface area contributed by atoms with Crippen LogP contribution in [0.3, 0.4) is 0 Å². The van der Waals surface area contributed by atoms with Gasteiger partial charge in [0, 0.05) is 23.8 Å². The third-order valence-electron chi connectivity index (χ3n) is 4.01. The Labute approximate surface area is 157 Å². The van der Waals surface area contributed by atoms with Gasteiger partial charge in [-0.15, -0.1) is 0 Å². The zero-order valence-electron chi connectivity index (χ0n) is 14.5. The molecule has 0 aliphatic heterocycles. The van der Waals surface area contributed by atoms with Crippen LogP contribution in [-0.4, -0.2) is 24.4 Å². The van der Waals surface area contributed by atoms with Crippen LogP contribution < -0.4 is 11.2 Å². The van der Waals surface area contributed by atoms with Crippen molar-refractivity contribution >= 4 is 11.6 Å². The number of aliphatic hydroxyl groups excluding tert-OH is 1. The Hall–Kier alpha value is -2.78. The lowest BCUT2D eigenvalue weighted by Gasteiger charge is -2.12. The van der Waals surface area contributed by atoms with Gasteiger partial charge in [0.2, 0.25) is 11.7 Å². The summed E-state index contributed by atoms with van der Waals surface area (Å²) in [5, 5.41) is 14.1. The van der Waals surface area contributed by atoms with Crippen molar-refractivity contribution in [2.24, 2.45) is 7.05 Å².